The average Bonchev–Trinajstić information content (AvgIpc) is 3.00. The van der Waals surface area contributed by atoms with Gasteiger partial charge in [0.1, 0.15) is 5.75 Å². The van der Waals surface area contributed by atoms with E-state index in [1.54, 1.807) is 18.3 Å². The highest BCUT2D eigenvalue weighted by Gasteiger charge is 2.04. The lowest BCUT2D eigenvalue weighted by Gasteiger charge is -2.01. The number of nitrogens with zero attached hydrogens (tertiary/aromatic N) is 2. The number of phenolic OH excluding ortho intramolecular Hbond substituents is 1. The molecule has 1 heterocycles. The van der Waals surface area contributed by atoms with Gasteiger partial charge in [0.2, 0.25) is 5.13 Å². The first kappa shape index (κ1) is 15.0. The summed E-state index contributed by atoms with van der Waals surface area (Å²) in [4.78, 5) is 4.49. The third-order valence-corrected chi connectivity index (χ3v) is 4.65. The van der Waals surface area contributed by atoms with Crippen LogP contribution in [-0.2, 0) is 0 Å². The van der Waals surface area contributed by atoms with Crippen LogP contribution < -0.4 is 5.43 Å². The Balaban J connectivity index is 1.72. The summed E-state index contributed by atoms with van der Waals surface area (Å²) in [5.74, 6) is 0.210. The molecule has 3 rings (SSSR count). The van der Waals surface area contributed by atoms with Crippen LogP contribution in [0.4, 0.5) is 5.13 Å². The molecule has 0 unspecified atom stereocenters. The predicted molar refractivity (Wildman–Crippen MR) is 99.6 cm³/mol. The number of nitrogens with one attached hydrogen (secondary N) is 1. The fraction of sp³-hybridized carbons (Fsp3) is 0. The molecule has 0 saturated heterocycles. The number of hydrogen-bond acceptors (Lipinski definition) is 5. The van der Waals surface area contributed by atoms with Gasteiger partial charge < -0.3 is 5.11 Å². The van der Waals surface area contributed by atoms with E-state index in [0.29, 0.717) is 10.7 Å². The van der Waals surface area contributed by atoms with Crippen molar-refractivity contribution in [1.82, 2.24) is 4.98 Å². The summed E-state index contributed by atoms with van der Waals surface area (Å²) < 4.78 is 0.937. The molecule has 0 amide bonds. The number of halogens is 1. The molecule has 0 radical (unpaired) electrons. The summed E-state index contributed by atoms with van der Waals surface area (Å²) in [7, 11) is 0. The molecule has 3 aromatic rings. The Kier molecular flexibility index (Phi) is 4.69. The molecular formula is C16H12IN3OS. The number of thiazole rings is 1. The van der Waals surface area contributed by atoms with E-state index < -0.39 is 0 Å². The average molecular weight is 421 g/mol. The van der Waals surface area contributed by atoms with E-state index in [1.165, 1.54) is 11.3 Å². The molecule has 0 bridgehead atoms. The van der Waals surface area contributed by atoms with E-state index in [4.69, 9.17) is 0 Å². The molecule has 6 heteroatoms. The monoisotopic (exact) mass is 421 g/mol. The second kappa shape index (κ2) is 6.89. The van der Waals surface area contributed by atoms with Crippen LogP contribution in [-0.4, -0.2) is 16.3 Å². The van der Waals surface area contributed by atoms with Gasteiger partial charge in [-0.2, -0.15) is 5.10 Å². The molecule has 0 aliphatic heterocycles. The second-order valence-corrected chi connectivity index (χ2v) is 6.47. The molecule has 2 aromatic carbocycles. The maximum atomic E-state index is 9.80. The van der Waals surface area contributed by atoms with E-state index in [1.807, 2.05) is 41.8 Å². The van der Waals surface area contributed by atoms with Crippen LogP contribution in [0.1, 0.15) is 5.56 Å². The number of aromatic nitrogens is 1. The third-order valence-electron chi connectivity index (χ3n) is 2.96. The van der Waals surface area contributed by atoms with Crippen molar-refractivity contribution in [2.45, 2.75) is 0 Å². The van der Waals surface area contributed by atoms with Gasteiger partial charge in [0.25, 0.3) is 0 Å². The topological polar surface area (TPSA) is 57.5 Å². The molecule has 0 spiro atoms. The Morgan fingerprint density at radius 3 is 2.73 bits per heavy atom. The first-order valence-corrected chi connectivity index (χ1v) is 8.47. The SMILES string of the molecule is Oc1cccc(I)c1C=NNc1nc(-c2ccccc2)cs1. The summed E-state index contributed by atoms with van der Waals surface area (Å²) in [6.07, 6.45) is 1.60. The van der Waals surface area contributed by atoms with Crippen molar-refractivity contribution in [3.05, 3.63) is 63.0 Å². The lowest BCUT2D eigenvalue weighted by Crippen LogP contribution is -1.92. The van der Waals surface area contributed by atoms with Crippen LogP contribution in [0.3, 0.4) is 0 Å². The summed E-state index contributed by atoms with van der Waals surface area (Å²) >= 11 is 3.65. The number of rotatable bonds is 4. The van der Waals surface area contributed by atoms with Crippen LogP contribution in [0.5, 0.6) is 5.75 Å². The molecule has 2 N–H and O–H groups in total. The molecule has 0 aliphatic carbocycles. The zero-order valence-electron chi connectivity index (χ0n) is 11.4. The second-order valence-electron chi connectivity index (χ2n) is 4.45. The summed E-state index contributed by atoms with van der Waals surface area (Å²) in [6, 6.07) is 15.3. The largest absolute Gasteiger partial charge is 0.507 e. The quantitative estimate of drug-likeness (QED) is 0.369. The van der Waals surface area contributed by atoms with Crippen molar-refractivity contribution in [2.24, 2.45) is 5.10 Å². The van der Waals surface area contributed by atoms with Crippen molar-refractivity contribution >= 4 is 45.3 Å². The van der Waals surface area contributed by atoms with E-state index in [0.717, 1.165) is 14.8 Å². The standard InChI is InChI=1S/C16H12IN3OS/c17-13-7-4-8-15(21)12(13)9-18-20-16-19-14(10-22-16)11-5-2-1-3-6-11/h1-10,21H,(H,19,20). The van der Waals surface area contributed by atoms with Gasteiger partial charge in [0.15, 0.2) is 0 Å². The third kappa shape index (κ3) is 3.45. The molecular weight excluding hydrogens is 409 g/mol. The summed E-state index contributed by atoms with van der Waals surface area (Å²) in [5.41, 5.74) is 5.58. The Bertz CT molecular complexity index is 782. The maximum Gasteiger partial charge on any atom is 0.203 e. The Labute approximate surface area is 145 Å². The molecule has 0 atom stereocenters. The van der Waals surface area contributed by atoms with Gasteiger partial charge in [0.05, 0.1) is 11.9 Å². The zero-order valence-corrected chi connectivity index (χ0v) is 14.4. The van der Waals surface area contributed by atoms with Crippen LogP contribution >= 0.6 is 33.9 Å². The van der Waals surface area contributed by atoms with Gasteiger partial charge >= 0.3 is 0 Å². The highest BCUT2D eigenvalue weighted by molar-refractivity contribution is 14.1. The van der Waals surface area contributed by atoms with Gasteiger partial charge in [-0.05, 0) is 34.7 Å². The molecule has 110 valence electrons. The molecule has 22 heavy (non-hydrogen) atoms. The van der Waals surface area contributed by atoms with Gasteiger partial charge in [-0.3, -0.25) is 5.43 Å². The van der Waals surface area contributed by atoms with Crippen LogP contribution in [0, 0.1) is 3.57 Å². The summed E-state index contributed by atoms with van der Waals surface area (Å²) in [6.45, 7) is 0. The molecule has 0 saturated carbocycles. The number of hydrogen-bond donors (Lipinski definition) is 2. The van der Waals surface area contributed by atoms with Gasteiger partial charge in [-0.15, -0.1) is 11.3 Å². The van der Waals surface area contributed by atoms with Crippen molar-refractivity contribution < 1.29 is 5.11 Å². The Morgan fingerprint density at radius 2 is 1.95 bits per heavy atom. The lowest BCUT2D eigenvalue weighted by molar-refractivity contribution is 0.474. The van der Waals surface area contributed by atoms with Crippen LogP contribution in [0.25, 0.3) is 11.3 Å². The van der Waals surface area contributed by atoms with Crippen LogP contribution in [0.15, 0.2) is 59.0 Å². The van der Waals surface area contributed by atoms with Crippen molar-refractivity contribution in [3.63, 3.8) is 0 Å². The fourth-order valence-electron chi connectivity index (χ4n) is 1.87. The highest BCUT2D eigenvalue weighted by Crippen LogP contribution is 2.25. The van der Waals surface area contributed by atoms with Gasteiger partial charge in [0, 0.05) is 20.1 Å². The number of aromatic hydroxyl groups is 1. The fourth-order valence-corrected chi connectivity index (χ4v) is 3.16. The smallest absolute Gasteiger partial charge is 0.203 e. The highest BCUT2D eigenvalue weighted by atomic mass is 127. The van der Waals surface area contributed by atoms with Crippen molar-refractivity contribution in [2.75, 3.05) is 5.43 Å². The zero-order chi connectivity index (χ0) is 15.4. The number of hydrazone groups is 1. The van der Waals surface area contributed by atoms with E-state index in [-0.39, 0.29) is 5.75 Å². The first-order chi connectivity index (χ1) is 10.7. The minimum absolute atomic E-state index is 0.210. The minimum Gasteiger partial charge on any atom is -0.507 e. The molecule has 0 fully saturated rings. The van der Waals surface area contributed by atoms with Crippen LogP contribution in [0.2, 0.25) is 0 Å². The van der Waals surface area contributed by atoms with Crippen molar-refractivity contribution in [1.29, 1.82) is 0 Å². The van der Waals surface area contributed by atoms with Gasteiger partial charge in [-0.25, -0.2) is 4.98 Å². The number of phenols is 1. The van der Waals surface area contributed by atoms with Gasteiger partial charge in [-0.1, -0.05) is 36.4 Å². The van der Waals surface area contributed by atoms with Crippen molar-refractivity contribution in [3.8, 4) is 17.0 Å². The normalized spacial score (nSPS) is 11.0. The molecule has 4 nitrogen and oxygen atoms in total. The maximum absolute atomic E-state index is 9.80. The molecule has 0 aliphatic rings. The molecule has 1 aromatic heterocycles. The summed E-state index contributed by atoms with van der Waals surface area (Å²) in [5, 5.41) is 16.6. The predicted octanol–water partition coefficient (Wildman–Crippen LogP) is 4.57. The Morgan fingerprint density at radius 1 is 1.14 bits per heavy atom. The number of anilines is 1. The lowest BCUT2D eigenvalue weighted by atomic mass is 10.2. The Hall–Kier alpha value is -1.93. The van der Waals surface area contributed by atoms with E-state index in [9.17, 15) is 5.11 Å². The number of benzene rings is 2. The van der Waals surface area contributed by atoms with E-state index in [2.05, 4.69) is 38.1 Å². The first-order valence-electron chi connectivity index (χ1n) is 6.51. The van der Waals surface area contributed by atoms with E-state index >= 15 is 0 Å². The minimum atomic E-state index is 0.210.